The molecule has 0 unspecified atom stereocenters. The Bertz CT molecular complexity index is 1770. The zero-order chi connectivity index (χ0) is 24.6. The number of rotatable bonds is 4. The van der Waals surface area contributed by atoms with E-state index in [1.807, 2.05) is 0 Å². The van der Waals surface area contributed by atoms with Crippen LogP contribution >= 0.6 is 31.9 Å². The van der Waals surface area contributed by atoms with Gasteiger partial charge in [0.05, 0.1) is 22.3 Å². The first kappa shape index (κ1) is 22.1. The lowest BCUT2D eigenvalue weighted by Crippen LogP contribution is -2.08. The van der Waals surface area contributed by atoms with Crippen LogP contribution in [0.15, 0.2) is 45.3 Å². The van der Waals surface area contributed by atoms with E-state index in [9.17, 15) is 39.6 Å². The minimum absolute atomic E-state index is 0.00555. The van der Waals surface area contributed by atoms with E-state index < -0.39 is 23.9 Å². The third-order valence-electron chi connectivity index (χ3n) is 5.96. The molecule has 10 heteroatoms. The molecule has 34 heavy (non-hydrogen) atoms. The van der Waals surface area contributed by atoms with Crippen LogP contribution in [0.25, 0.3) is 43.1 Å². The topological polar surface area (TPSA) is 149 Å². The number of hydrogen-bond acceptors (Lipinski definition) is 4. The predicted molar refractivity (Wildman–Crippen MR) is 131 cm³/mol. The average molecular weight is 586 g/mol. The van der Waals surface area contributed by atoms with Crippen molar-refractivity contribution < 1.29 is 39.6 Å². The molecule has 0 bridgehead atoms. The lowest BCUT2D eigenvalue weighted by Gasteiger charge is -2.20. The summed E-state index contributed by atoms with van der Waals surface area (Å²) in [6, 6.07) is 8.44. The quantitative estimate of drug-likeness (QED) is 0.147. The zero-order valence-electron chi connectivity index (χ0n) is 16.6. The van der Waals surface area contributed by atoms with Crippen LogP contribution in [0.3, 0.4) is 0 Å². The summed E-state index contributed by atoms with van der Waals surface area (Å²) in [5.74, 6) is -5.25. The summed E-state index contributed by atoms with van der Waals surface area (Å²) >= 11 is 6.71. The van der Waals surface area contributed by atoms with E-state index in [4.69, 9.17) is 0 Å². The Hall–Kier alpha value is -3.76. The Morgan fingerprint density at radius 3 is 1.38 bits per heavy atom. The second-order valence-corrected chi connectivity index (χ2v) is 9.17. The van der Waals surface area contributed by atoms with Gasteiger partial charge in [0.15, 0.2) is 0 Å². The normalized spacial score (nSPS) is 11.6. The SMILES string of the molecule is O=C(O)c1ccc2c3ccc(C(=O)O)c4c(C(=O)O)c(Br)c(Br)c(c5ccc(C(=O)O)c1c25)c43. The maximum atomic E-state index is 12.2. The van der Waals surface area contributed by atoms with Gasteiger partial charge in [-0.1, -0.05) is 18.2 Å². The molecule has 0 spiro atoms. The van der Waals surface area contributed by atoms with Crippen molar-refractivity contribution in [2.75, 3.05) is 0 Å². The first-order valence-corrected chi connectivity index (χ1v) is 11.2. The Labute approximate surface area is 205 Å². The maximum Gasteiger partial charge on any atom is 0.337 e. The highest BCUT2D eigenvalue weighted by Crippen LogP contribution is 2.49. The summed E-state index contributed by atoms with van der Waals surface area (Å²) in [6.45, 7) is 0. The van der Waals surface area contributed by atoms with Gasteiger partial charge in [0.2, 0.25) is 0 Å². The zero-order valence-corrected chi connectivity index (χ0v) is 19.8. The molecule has 0 aliphatic carbocycles. The molecule has 0 saturated carbocycles. The molecule has 8 nitrogen and oxygen atoms in total. The molecule has 0 aliphatic heterocycles. The van der Waals surface area contributed by atoms with Crippen molar-refractivity contribution in [3.8, 4) is 0 Å². The largest absolute Gasteiger partial charge is 0.478 e. The van der Waals surface area contributed by atoms with Crippen LogP contribution in [0.5, 0.6) is 0 Å². The second kappa shape index (κ2) is 7.37. The van der Waals surface area contributed by atoms with Crippen LogP contribution < -0.4 is 0 Å². The first-order valence-electron chi connectivity index (χ1n) is 9.57. The molecule has 5 aromatic rings. The molecule has 4 N–H and O–H groups in total. The minimum Gasteiger partial charge on any atom is -0.478 e. The van der Waals surface area contributed by atoms with Gasteiger partial charge in [-0.25, -0.2) is 19.2 Å². The molecule has 0 aliphatic rings. The fourth-order valence-corrected chi connectivity index (χ4v) is 5.88. The molecular weight excluding hydrogens is 576 g/mol. The number of fused-ring (bicyclic) bond motifs is 2. The summed E-state index contributed by atoms with van der Waals surface area (Å²) in [5.41, 5.74) is -0.849. The van der Waals surface area contributed by atoms with Crippen LogP contribution in [0.2, 0.25) is 0 Å². The van der Waals surface area contributed by atoms with Crippen molar-refractivity contribution >= 4 is 98.8 Å². The van der Waals surface area contributed by atoms with E-state index in [1.165, 1.54) is 36.4 Å². The Morgan fingerprint density at radius 1 is 0.471 bits per heavy atom. The van der Waals surface area contributed by atoms with Gasteiger partial charge in [-0.3, -0.25) is 0 Å². The highest BCUT2D eigenvalue weighted by Gasteiger charge is 2.29. The summed E-state index contributed by atoms with van der Waals surface area (Å²) in [6.07, 6.45) is 0. The van der Waals surface area contributed by atoms with Crippen LogP contribution in [0.1, 0.15) is 41.4 Å². The van der Waals surface area contributed by atoms with E-state index in [2.05, 4.69) is 31.9 Å². The Morgan fingerprint density at radius 2 is 0.912 bits per heavy atom. The van der Waals surface area contributed by atoms with Crippen molar-refractivity contribution in [3.63, 3.8) is 0 Å². The van der Waals surface area contributed by atoms with Gasteiger partial charge in [-0.15, -0.1) is 0 Å². The standard InChI is InChI=1S/C24H10Br2O8/c25-19-17-9-3-6-11(22(29)30)14-10(21(27)28)4-1-7(13(9)14)8-2-5-12(23(31)32)16(15(8)17)18(20(19)26)24(33)34/h1-6H,(H,27,28)(H,29,30)(H,31,32)(H,33,34). The molecule has 0 fully saturated rings. The maximum absolute atomic E-state index is 12.2. The average Bonchev–Trinajstić information content (AvgIpc) is 2.77. The highest BCUT2D eigenvalue weighted by atomic mass is 79.9. The number of carboxylic acid groups (broad SMARTS) is 4. The third kappa shape index (κ3) is 2.75. The Balaban J connectivity index is 2.24. The van der Waals surface area contributed by atoms with Gasteiger partial charge in [-0.05, 0) is 71.6 Å². The monoisotopic (exact) mass is 584 g/mol. The van der Waals surface area contributed by atoms with Crippen LogP contribution in [0.4, 0.5) is 0 Å². The van der Waals surface area contributed by atoms with Crippen molar-refractivity contribution in [2.45, 2.75) is 0 Å². The third-order valence-corrected chi connectivity index (χ3v) is 8.08. The van der Waals surface area contributed by atoms with Gasteiger partial charge < -0.3 is 20.4 Å². The number of benzene rings is 5. The molecule has 168 valence electrons. The van der Waals surface area contributed by atoms with Gasteiger partial charge in [0.1, 0.15) is 0 Å². The number of hydrogen-bond donors (Lipinski definition) is 4. The molecule has 0 aromatic heterocycles. The number of carbonyl (C=O) groups is 4. The van der Waals surface area contributed by atoms with Crippen molar-refractivity contribution in [1.82, 2.24) is 0 Å². The summed E-state index contributed by atoms with van der Waals surface area (Å²) < 4.78 is 0.424. The fourth-order valence-electron chi connectivity index (χ4n) is 4.70. The molecule has 0 heterocycles. The lowest BCUT2D eigenvalue weighted by molar-refractivity contribution is 0.0680. The second-order valence-electron chi connectivity index (χ2n) is 7.58. The molecule has 5 aromatic carbocycles. The summed E-state index contributed by atoms with van der Waals surface area (Å²) in [4.78, 5) is 48.2. The molecule has 0 atom stereocenters. The highest BCUT2D eigenvalue weighted by molar-refractivity contribution is 9.13. The first-order chi connectivity index (χ1) is 16.1. The predicted octanol–water partition coefficient (Wildman–Crippen LogP) is 6.06. The van der Waals surface area contributed by atoms with E-state index in [-0.39, 0.29) is 37.5 Å². The van der Waals surface area contributed by atoms with Gasteiger partial charge in [0, 0.05) is 30.5 Å². The molecule has 0 amide bonds. The number of carboxylic acids is 4. The molecule has 5 rings (SSSR count). The molecular formula is C24H10Br2O8. The molecule has 0 saturated heterocycles. The van der Waals surface area contributed by atoms with E-state index in [1.54, 1.807) is 0 Å². The smallest absolute Gasteiger partial charge is 0.337 e. The van der Waals surface area contributed by atoms with Crippen molar-refractivity contribution in [3.05, 3.63) is 67.6 Å². The summed E-state index contributed by atoms with van der Waals surface area (Å²) in [7, 11) is 0. The molecule has 0 radical (unpaired) electrons. The van der Waals surface area contributed by atoms with Crippen LogP contribution in [-0.2, 0) is 0 Å². The minimum atomic E-state index is -1.34. The Kier molecular flexibility index (Phi) is 4.78. The van der Waals surface area contributed by atoms with Crippen LogP contribution in [0, 0.1) is 0 Å². The number of halogens is 2. The van der Waals surface area contributed by atoms with Gasteiger partial charge in [-0.2, -0.15) is 0 Å². The van der Waals surface area contributed by atoms with E-state index >= 15 is 0 Å². The van der Waals surface area contributed by atoms with Crippen molar-refractivity contribution in [1.29, 1.82) is 0 Å². The van der Waals surface area contributed by atoms with Crippen molar-refractivity contribution in [2.24, 2.45) is 0 Å². The van der Waals surface area contributed by atoms with Gasteiger partial charge >= 0.3 is 23.9 Å². The van der Waals surface area contributed by atoms with Gasteiger partial charge in [0.25, 0.3) is 0 Å². The van der Waals surface area contributed by atoms with E-state index in [0.717, 1.165) is 0 Å². The van der Waals surface area contributed by atoms with E-state index in [0.29, 0.717) is 36.8 Å². The summed E-state index contributed by atoms with van der Waals surface area (Å²) in [5, 5.41) is 41.8. The lowest BCUT2D eigenvalue weighted by atomic mass is 9.84. The van der Waals surface area contributed by atoms with Crippen LogP contribution in [-0.4, -0.2) is 44.3 Å². The number of aromatic carboxylic acids is 4. The fraction of sp³-hybridized carbons (Fsp3) is 0.